The molecule has 4 aromatic rings. The molecule has 1 fully saturated rings. The van der Waals surface area contributed by atoms with Crippen molar-refractivity contribution in [3.8, 4) is 17.1 Å². The van der Waals surface area contributed by atoms with Crippen LogP contribution in [0.4, 0.5) is 5.69 Å². The van der Waals surface area contributed by atoms with Crippen LogP contribution in [0.2, 0.25) is 5.02 Å². The van der Waals surface area contributed by atoms with Crippen LogP contribution in [0, 0.1) is 0 Å². The summed E-state index contributed by atoms with van der Waals surface area (Å²) in [5.41, 5.74) is 4.55. The quantitative estimate of drug-likeness (QED) is 0.514. The number of pyridine rings is 1. The molecule has 1 aromatic carbocycles. The van der Waals surface area contributed by atoms with E-state index in [1.807, 2.05) is 36.7 Å². The maximum absolute atomic E-state index is 6.59. The van der Waals surface area contributed by atoms with Gasteiger partial charge in [-0.15, -0.1) is 0 Å². The average molecular weight is 436 g/mol. The fourth-order valence-corrected chi connectivity index (χ4v) is 4.16. The number of piperazine rings is 1. The van der Waals surface area contributed by atoms with Crippen LogP contribution in [0.15, 0.2) is 49.2 Å². The zero-order valence-corrected chi connectivity index (χ0v) is 17.9. The van der Waals surface area contributed by atoms with E-state index in [1.165, 1.54) is 0 Å². The summed E-state index contributed by atoms with van der Waals surface area (Å²) < 4.78 is 5.25. The standard InChI is InChI=1S/C22H22ClN7O/c1-31-17-4-2-16(3-5-17)21-27-19-20(18(23)12-26-22(19)28-21)30-8-6-29(7-9-30)13-15-10-24-14-25-11-15/h2-5,10-12,14H,6-9,13H2,1H3,(H,26,27,28). The predicted octanol–water partition coefficient (Wildman–Crippen LogP) is 3.40. The number of methoxy groups -OCH3 is 1. The lowest BCUT2D eigenvalue weighted by molar-refractivity contribution is 0.249. The molecule has 0 bridgehead atoms. The Hall–Kier alpha value is -3.23. The van der Waals surface area contributed by atoms with E-state index in [0.717, 1.165) is 72.3 Å². The summed E-state index contributed by atoms with van der Waals surface area (Å²) >= 11 is 6.59. The highest BCUT2D eigenvalue weighted by atomic mass is 35.5. The third-order valence-corrected chi connectivity index (χ3v) is 5.79. The number of fused-ring (bicyclic) bond motifs is 1. The van der Waals surface area contributed by atoms with Crippen LogP contribution in [-0.4, -0.2) is 63.1 Å². The Bertz CT molecular complexity index is 1170. The van der Waals surface area contributed by atoms with Crippen molar-refractivity contribution in [1.29, 1.82) is 0 Å². The number of H-pyrrole nitrogens is 1. The van der Waals surface area contributed by atoms with Crippen molar-refractivity contribution in [2.45, 2.75) is 6.54 Å². The topological polar surface area (TPSA) is 83.1 Å². The maximum atomic E-state index is 6.59. The zero-order valence-electron chi connectivity index (χ0n) is 17.1. The molecule has 0 radical (unpaired) electrons. The summed E-state index contributed by atoms with van der Waals surface area (Å²) in [5, 5.41) is 0.616. The minimum atomic E-state index is 0.616. The number of nitrogens with one attached hydrogen (secondary N) is 1. The minimum Gasteiger partial charge on any atom is -0.497 e. The summed E-state index contributed by atoms with van der Waals surface area (Å²) in [6.45, 7) is 4.41. The summed E-state index contributed by atoms with van der Waals surface area (Å²) in [4.78, 5) is 25.5. The predicted molar refractivity (Wildman–Crippen MR) is 120 cm³/mol. The molecular formula is C22H22ClN7O. The Kier molecular flexibility index (Phi) is 5.40. The van der Waals surface area contributed by atoms with E-state index in [1.54, 1.807) is 19.6 Å². The van der Waals surface area contributed by atoms with Gasteiger partial charge in [0.1, 0.15) is 23.4 Å². The summed E-state index contributed by atoms with van der Waals surface area (Å²) in [7, 11) is 1.65. The van der Waals surface area contributed by atoms with Gasteiger partial charge in [0.2, 0.25) is 0 Å². The van der Waals surface area contributed by atoms with Gasteiger partial charge in [-0.1, -0.05) is 11.6 Å². The number of hydrogen-bond donors (Lipinski definition) is 1. The highest BCUT2D eigenvalue weighted by molar-refractivity contribution is 6.34. The Morgan fingerprint density at radius 3 is 2.48 bits per heavy atom. The molecule has 3 aromatic heterocycles. The molecule has 0 aliphatic carbocycles. The van der Waals surface area contributed by atoms with E-state index >= 15 is 0 Å². The number of aromatic amines is 1. The molecule has 0 amide bonds. The average Bonchev–Trinajstić information content (AvgIpc) is 3.25. The first kappa shape index (κ1) is 19.7. The number of hydrogen-bond acceptors (Lipinski definition) is 7. The van der Waals surface area contributed by atoms with Crippen molar-refractivity contribution in [3.63, 3.8) is 0 Å². The number of halogens is 1. The van der Waals surface area contributed by atoms with E-state index in [-0.39, 0.29) is 0 Å². The van der Waals surface area contributed by atoms with Crippen LogP contribution in [0.25, 0.3) is 22.6 Å². The summed E-state index contributed by atoms with van der Waals surface area (Å²) in [5.74, 6) is 1.57. The Morgan fingerprint density at radius 1 is 1.03 bits per heavy atom. The maximum Gasteiger partial charge on any atom is 0.159 e. The van der Waals surface area contributed by atoms with Crippen LogP contribution in [0.5, 0.6) is 5.75 Å². The monoisotopic (exact) mass is 435 g/mol. The van der Waals surface area contributed by atoms with Gasteiger partial charge in [0.15, 0.2) is 5.65 Å². The summed E-state index contributed by atoms with van der Waals surface area (Å²) in [6, 6.07) is 7.79. The molecule has 0 saturated carbocycles. The minimum absolute atomic E-state index is 0.616. The highest BCUT2D eigenvalue weighted by Crippen LogP contribution is 2.34. The fraction of sp³-hybridized carbons (Fsp3) is 0.273. The molecule has 158 valence electrons. The number of benzene rings is 1. The molecule has 5 rings (SSSR count). The third kappa shape index (κ3) is 4.04. The first-order chi connectivity index (χ1) is 15.2. The molecule has 31 heavy (non-hydrogen) atoms. The molecule has 0 unspecified atom stereocenters. The lowest BCUT2D eigenvalue weighted by Crippen LogP contribution is -2.46. The van der Waals surface area contributed by atoms with Gasteiger partial charge >= 0.3 is 0 Å². The number of anilines is 1. The smallest absolute Gasteiger partial charge is 0.159 e. The molecule has 1 aliphatic rings. The van der Waals surface area contributed by atoms with Crippen molar-refractivity contribution >= 4 is 28.5 Å². The van der Waals surface area contributed by atoms with Crippen LogP contribution >= 0.6 is 11.6 Å². The number of imidazole rings is 1. The second-order valence-corrected chi connectivity index (χ2v) is 7.88. The van der Waals surface area contributed by atoms with Crippen LogP contribution in [-0.2, 0) is 6.54 Å². The number of rotatable bonds is 5. The van der Waals surface area contributed by atoms with Gasteiger partial charge in [0.05, 0.1) is 24.0 Å². The van der Waals surface area contributed by atoms with E-state index < -0.39 is 0 Å². The normalized spacial score (nSPS) is 14.8. The molecule has 0 spiro atoms. The Labute approximate surface area is 184 Å². The largest absolute Gasteiger partial charge is 0.497 e. The van der Waals surface area contributed by atoms with Gasteiger partial charge in [-0.25, -0.2) is 19.9 Å². The van der Waals surface area contributed by atoms with Gasteiger partial charge in [-0.2, -0.15) is 0 Å². The van der Waals surface area contributed by atoms with E-state index in [4.69, 9.17) is 21.3 Å². The van der Waals surface area contributed by atoms with Crippen LogP contribution < -0.4 is 9.64 Å². The molecule has 8 nitrogen and oxygen atoms in total. The summed E-state index contributed by atoms with van der Waals surface area (Å²) in [6.07, 6.45) is 6.99. The van der Waals surface area contributed by atoms with Gasteiger partial charge in [0.25, 0.3) is 0 Å². The second-order valence-electron chi connectivity index (χ2n) is 7.48. The number of ether oxygens (including phenoxy) is 1. The van der Waals surface area contributed by atoms with Crippen molar-refractivity contribution in [2.75, 3.05) is 38.2 Å². The van der Waals surface area contributed by atoms with Gasteiger partial charge in [-0.3, -0.25) is 4.90 Å². The molecule has 1 saturated heterocycles. The van der Waals surface area contributed by atoms with E-state index in [0.29, 0.717) is 5.02 Å². The molecule has 1 aliphatic heterocycles. The van der Waals surface area contributed by atoms with Crippen LogP contribution in [0.3, 0.4) is 0 Å². The van der Waals surface area contributed by atoms with Gasteiger partial charge in [-0.05, 0) is 24.3 Å². The molecule has 0 atom stereocenters. The van der Waals surface area contributed by atoms with Crippen molar-refractivity contribution in [1.82, 2.24) is 29.8 Å². The highest BCUT2D eigenvalue weighted by Gasteiger charge is 2.23. The van der Waals surface area contributed by atoms with Crippen molar-refractivity contribution < 1.29 is 4.74 Å². The van der Waals surface area contributed by atoms with Gasteiger partial charge in [0, 0.05) is 56.2 Å². The molecular weight excluding hydrogens is 414 g/mol. The SMILES string of the molecule is COc1ccc(-c2nc3c(N4CCN(Cc5cncnc5)CC4)c(Cl)cnc3[nH]2)cc1. The zero-order chi connectivity index (χ0) is 21.2. The van der Waals surface area contributed by atoms with Crippen LogP contribution in [0.1, 0.15) is 5.56 Å². The van der Waals surface area contributed by atoms with Gasteiger partial charge < -0.3 is 14.6 Å². The Balaban J connectivity index is 1.38. The molecule has 1 N–H and O–H groups in total. The van der Waals surface area contributed by atoms with E-state index in [2.05, 4.69) is 29.7 Å². The molecule has 4 heterocycles. The van der Waals surface area contributed by atoms with E-state index in [9.17, 15) is 0 Å². The lowest BCUT2D eigenvalue weighted by Gasteiger charge is -2.36. The number of aromatic nitrogens is 5. The third-order valence-electron chi connectivity index (χ3n) is 5.51. The van der Waals surface area contributed by atoms with Crippen molar-refractivity contribution in [3.05, 3.63) is 59.8 Å². The second kappa shape index (κ2) is 8.49. The molecule has 9 heteroatoms. The Morgan fingerprint density at radius 2 is 1.77 bits per heavy atom. The fourth-order valence-electron chi connectivity index (χ4n) is 3.90. The van der Waals surface area contributed by atoms with Crippen molar-refractivity contribution in [2.24, 2.45) is 0 Å². The first-order valence-corrected chi connectivity index (χ1v) is 10.5. The first-order valence-electron chi connectivity index (χ1n) is 10.1. The lowest BCUT2D eigenvalue weighted by atomic mass is 10.2. The number of nitrogens with zero attached hydrogens (tertiary/aromatic N) is 6.